The molecule has 1 atom stereocenters. The molecule has 138 valence electrons. The van der Waals surface area contributed by atoms with Gasteiger partial charge >= 0.3 is 0 Å². The SMILES string of the molecule is Cc1cc(C)cc(N2CCC(NS(=O)(=O)c3cc(F)cc(F)c3)C2=O)c1. The number of aryl methyl sites for hydroxylation is 2. The van der Waals surface area contributed by atoms with Crippen molar-refractivity contribution < 1.29 is 22.0 Å². The van der Waals surface area contributed by atoms with Crippen LogP contribution in [0.2, 0.25) is 0 Å². The van der Waals surface area contributed by atoms with E-state index in [-0.39, 0.29) is 6.42 Å². The van der Waals surface area contributed by atoms with Gasteiger partial charge in [-0.3, -0.25) is 4.79 Å². The number of carbonyl (C=O) groups excluding carboxylic acids is 1. The predicted molar refractivity (Wildman–Crippen MR) is 93.4 cm³/mol. The van der Waals surface area contributed by atoms with Crippen molar-refractivity contribution in [3.8, 4) is 0 Å². The second-order valence-electron chi connectivity index (χ2n) is 6.40. The zero-order chi connectivity index (χ0) is 19.1. The fourth-order valence-electron chi connectivity index (χ4n) is 3.09. The number of hydrogen-bond donors (Lipinski definition) is 1. The minimum atomic E-state index is -4.22. The number of rotatable bonds is 4. The van der Waals surface area contributed by atoms with Crippen LogP contribution in [0.1, 0.15) is 17.5 Å². The van der Waals surface area contributed by atoms with Crippen molar-refractivity contribution in [1.29, 1.82) is 0 Å². The Morgan fingerprint density at radius 2 is 1.58 bits per heavy atom. The van der Waals surface area contributed by atoms with E-state index >= 15 is 0 Å². The lowest BCUT2D eigenvalue weighted by Crippen LogP contribution is -2.41. The van der Waals surface area contributed by atoms with Crippen molar-refractivity contribution in [2.75, 3.05) is 11.4 Å². The van der Waals surface area contributed by atoms with E-state index in [0.717, 1.165) is 11.1 Å². The molecule has 0 spiro atoms. The highest BCUT2D eigenvalue weighted by Gasteiger charge is 2.36. The Morgan fingerprint density at radius 1 is 1.00 bits per heavy atom. The van der Waals surface area contributed by atoms with Gasteiger partial charge in [-0.05, 0) is 55.7 Å². The Balaban J connectivity index is 1.82. The molecule has 1 unspecified atom stereocenters. The number of carbonyl (C=O) groups is 1. The molecule has 0 aromatic heterocycles. The average molecular weight is 380 g/mol. The van der Waals surface area contributed by atoms with Crippen LogP contribution in [0.25, 0.3) is 0 Å². The van der Waals surface area contributed by atoms with Crippen LogP contribution >= 0.6 is 0 Å². The zero-order valence-corrected chi connectivity index (χ0v) is 15.1. The predicted octanol–water partition coefficient (Wildman–Crippen LogP) is 2.67. The molecule has 1 N–H and O–H groups in total. The molecule has 8 heteroatoms. The molecule has 3 rings (SSSR count). The van der Waals surface area contributed by atoms with Crippen molar-refractivity contribution >= 4 is 21.6 Å². The Kier molecular flexibility index (Phi) is 4.81. The number of sulfonamides is 1. The molecule has 0 saturated carbocycles. The van der Waals surface area contributed by atoms with Gasteiger partial charge in [0.05, 0.1) is 4.90 Å². The molecule has 1 aliphatic heterocycles. The maximum atomic E-state index is 13.3. The fraction of sp³-hybridized carbons (Fsp3) is 0.278. The summed E-state index contributed by atoms with van der Waals surface area (Å²) in [5.41, 5.74) is 2.69. The Morgan fingerprint density at radius 3 is 2.15 bits per heavy atom. The molecule has 0 bridgehead atoms. The van der Waals surface area contributed by atoms with E-state index in [4.69, 9.17) is 0 Å². The van der Waals surface area contributed by atoms with Gasteiger partial charge in [-0.15, -0.1) is 0 Å². The van der Waals surface area contributed by atoms with Crippen LogP contribution in [0.5, 0.6) is 0 Å². The lowest BCUT2D eigenvalue weighted by Gasteiger charge is -2.18. The highest BCUT2D eigenvalue weighted by molar-refractivity contribution is 7.89. The molecule has 1 heterocycles. The standard InChI is InChI=1S/C18H18F2N2O3S/c1-11-5-12(2)7-15(6-11)22-4-3-17(18(22)23)21-26(24,25)16-9-13(19)8-14(20)10-16/h5-10,17,21H,3-4H2,1-2H3. The van der Waals surface area contributed by atoms with Crippen molar-refractivity contribution in [3.05, 3.63) is 59.2 Å². The van der Waals surface area contributed by atoms with E-state index in [1.807, 2.05) is 32.0 Å². The quantitative estimate of drug-likeness (QED) is 0.887. The number of benzene rings is 2. The summed E-state index contributed by atoms with van der Waals surface area (Å²) in [4.78, 5) is 13.6. The summed E-state index contributed by atoms with van der Waals surface area (Å²) in [5.74, 6) is -2.39. The van der Waals surface area contributed by atoms with Gasteiger partial charge in [0.25, 0.3) is 0 Å². The van der Waals surface area contributed by atoms with E-state index in [2.05, 4.69) is 4.72 Å². The number of anilines is 1. The maximum Gasteiger partial charge on any atom is 0.245 e. The van der Waals surface area contributed by atoms with Gasteiger partial charge in [0.2, 0.25) is 15.9 Å². The molecular weight excluding hydrogens is 362 g/mol. The molecule has 2 aromatic rings. The van der Waals surface area contributed by atoms with Gasteiger partial charge in [-0.25, -0.2) is 17.2 Å². The third kappa shape index (κ3) is 3.76. The van der Waals surface area contributed by atoms with Crippen LogP contribution in [0, 0.1) is 25.5 Å². The summed E-state index contributed by atoms with van der Waals surface area (Å²) in [6.07, 6.45) is 0.267. The Labute approximate surface area is 150 Å². The van der Waals surface area contributed by atoms with Crippen molar-refractivity contribution in [2.24, 2.45) is 0 Å². The van der Waals surface area contributed by atoms with Gasteiger partial charge in [-0.2, -0.15) is 4.72 Å². The topological polar surface area (TPSA) is 66.5 Å². The monoisotopic (exact) mass is 380 g/mol. The molecule has 5 nitrogen and oxygen atoms in total. The normalized spacial score (nSPS) is 17.8. The van der Waals surface area contributed by atoms with Crippen LogP contribution in [-0.2, 0) is 14.8 Å². The van der Waals surface area contributed by atoms with Crippen LogP contribution in [-0.4, -0.2) is 26.9 Å². The second-order valence-corrected chi connectivity index (χ2v) is 8.12. The molecule has 1 fully saturated rings. The number of halogens is 2. The largest absolute Gasteiger partial charge is 0.311 e. The number of nitrogens with one attached hydrogen (secondary N) is 1. The van der Waals surface area contributed by atoms with Crippen LogP contribution < -0.4 is 9.62 Å². The number of hydrogen-bond acceptors (Lipinski definition) is 3. The molecular formula is C18H18F2N2O3S. The van der Waals surface area contributed by atoms with E-state index in [1.54, 1.807) is 0 Å². The van der Waals surface area contributed by atoms with Gasteiger partial charge in [0.15, 0.2) is 0 Å². The molecule has 0 radical (unpaired) electrons. The molecule has 1 amide bonds. The van der Waals surface area contributed by atoms with Gasteiger partial charge < -0.3 is 4.90 Å². The van der Waals surface area contributed by atoms with E-state index < -0.39 is 38.5 Å². The minimum absolute atomic E-state index is 0.267. The summed E-state index contributed by atoms with van der Waals surface area (Å²) in [6, 6.07) is 6.71. The van der Waals surface area contributed by atoms with Crippen LogP contribution in [0.3, 0.4) is 0 Å². The third-order valence-corrected chi connectivity index (χ3v) is 5.62. The maximum absolute atomic E-state index is 13.3. The minimum Gasteiger partial charge on any atom is -0.311 e. The second kappa shape index (κ2) is 6.77. The van der Waals surface area contributed by atoms with Crippen LogP contribution in [0.15, 0.2) is 41.3 Å². The number of amides is 1. The first-order valence-corrected chi connectivity index (χ1v) is 9.52. The van der Waals surface area contributed by atoms with E-state index in [9.17, 15) is 22.0 Å². The van der Waals surface area contributed by atoms with Gasteiger partial charge in [0.1, 0.15) is 17.7 Å². The van der Waals surface area contributed by atoms with Crippen molar-refractivity contribution in [2.45, 2.75) is 31.2 Å². The third-order valence-electron chi connectivity index (χ3n) is 4.17. The average Bonchev–Trinajstić information content (AvgIpc) is 2.86. The summed E-state index contributed by atoms with van der Waals surface area (Å²) in [7, 11) is -4.22. The van der Waals surface area contributed by atoms with E-state index in [0.29, 0.717) is 30.4 Å². The summed E-state index contributed by atoms with van der Waals surface area (Å²) < 4.78 is 53.6. The molecule has 2 aromatic carbocycles. The first kappa shape index (κ1) is 18.5. The first-order chi connectivity index (χ1) is 12.2. The highest BCUT2D eigenvalue weighted by atomic mass is 32.2. The van der Waals surface area contributed by atoms with Gasteiger partial charge in [0, 0.05) is 18.3 Å². The number of nitrogens with zero attached hydrogens (tertiary/aromatic N) is 1. The smallest absolute Gasteiger partial charge is 0.245 e. The highest BCUT2D eigenvalue weighted by Crippen LogP contribution is 2.25. The molecule has 26 heavy (non-hydrogen) atoms. The van der Waals surface area contributed by atoms with Crippen molar-refractivity contribution in [3.63, 3.8) is 0 Å². The summed E-state index contributed by atoms with van der Waals surface area (Å²) in [6.45, 7) is 4.18. The lowest BCUT2D eigenvalue weighted by atomic mass is 10.1. The Bertz CT molecular complexity index is 936. The van der Waals surface area contributed by atoms with Crippen LogP contribution in [0.4, 0.5) is 14.5 Å². The first-order valence-electron chi connectivity index (χ1n) is 8.04. The molecule has 1 aliphatic rings. The fourth-order valence-corrected chi connectivity index (χ4v) is 4.36. The Hall–Kier alpha value is -2.32. The summed E-state index contributed by atoms with van der Waals surface area (Å²) in [5, 5.41) is 0. The van der Waals surface area contributed by atoms with Gasteiger partial charge in [-0.1, -0.05) is 6.07 Å². The molecule has 0 aliphatic carbocycles. The zero-order valence-electron chi connectivity index (χ0n) is 14.3. The molecule has 1 saturated heterocycles. The lowest BCUT2D eigenvalue weighted by molar-refractivity contribution is -0.118. The van der Waals surface area contributed by atoms with Crippen molar-refractivity contribution in [1.82, 2.24) is 4.72 Å². The summed E-state index contributed by atoms with van der Waals surface area (Å²) >= 11 is 0. The van der Waals surface area contributed by atoms with E-state index in [1.165, 1.54) is 4.90 Å².